The van der Waals surface area contributed by atoms with E-state index in [1.807, 2.05) is 121 Å². The van der Waals surface area contributed by atoms with Crippen LogP contribution in [0.5, 0.6) is 0 Å². The van der Waals surface area contributed by atoms with Crippen LogP contribution in [0.1, 0.15) is 54.0 Å². The highest BCUT2D eigenvalue weighted by Gasteiger charge is 2.48. The van der Waals surface area contributed by atoms with Crippen LogP contribution in [-0.4, -0.2) is 65.5 Å². The van der Waals surface area contributed by atoms with Gasteiger partial charge in [0.15, 0.2) is 5.11 Å². The van der Waals surface area contributed by atoms with Crippen molar-refractivity contribution in [3.8, 4) is 0 Å². The molecule has 0 aliphatic carbocycles. The molecule has 3 amide bonds. The van der Waals surface area contributed by atoms with E-state index in [0.29, 0.717) is 37.5 Å². The second-order valence-electron chi connectivity index (χ2n) is 13.7. The van der Waals surface area contributed by atoms with E-state index < -0.39 is 18.1 Å². The highest BCUT2D eigenvalue weighted by atomic mass is 32.1. The quantitative estimate of drug-likeness (QED) is 0.128. The Morgan fingerprint density at radius 3 is 1.90 bits per heavy atom. The molecule has 52 heavy (non-hydrogen) atoms. The lowest BCUT2D eigenvalue weighted by Gasteiger charge is -2.33. The van der Waals surface area contributed by atoms with Crippen LogP contribution < -0.4 is 26.6 Å². The fourth-order valence-corrected chi connectivity index (χ4v) is 7.63. The molecule has 2 fully saturated rings. The van der Waals surface area contributed by atoms with Crippen molar-refractivity contribution in [2.24, 2.45) is 5.92 Å². The van der Waals surface area contributed by atoms with Crippen LogP contribution in [-0.2, 0) is 27.3 Å². The number of hydrogen-bond donors (Lipinski definition) is 5. The number of thiocarbonyl (C=S) groups is 1. The minimum Gasteiger partial charge on any atom is -0.362 e. The molecule has 2 aliphatic rings. The molecule has 6 rings (SSSR count). The Labute approximate surface area is 312 Å². The van der Waals surface area contributed by atoms with E-state index >= 15 is 0 Å². The SMILES string of the molecule is CN[C@H](Cc1ccccc1)C(=O)N[C@@H]1C(=O)N2[C@@H](CC[C@@H]1CNC(=S)NCc1ccccc1)CC[C@H]2C(=O)NC(c1ccccc1)c1ccccc1. The Morgan fingerprint density at radius 2 is 1.31 bits per heavy atom. The van der Waals surface area contributed by atoms with Gasteiger partial charge in [-0.3, -0.25) is 14.4 Å². The van der Waals surface area contributed by atoms with Crippen LogP contribution in [0.3, 0.4) is 0 Å². The summed E-state index contributed by atoms with van der Waals surface area (Å²) < 4.78 is 0. The van der Waals surface area contributed by atoms with Crippen molar-refractivity contribution >= 4 is 35.1 Å². The molecule has 4 aromatic rings. The molecule has 0 saturated carbocycles. The summed E-state index contributed by atoms with van der Waals surface area (Å²) in [6, 6.07) is 37.0. The van der Waals surface area contributed by atoms with Gasteiger partial charge < -0.3 is 31.5 Å². The summed E-state index contributed by atoms with van der Waals surface area (Å²) >= 11 is 5.63. The van der Waals surface area contributed by atoms with Crippen molar-refractivity contribution < 1.29 is 14.4 Å². The van der Waals surface area contributed by atoms with E-state index in [0.717, 1.165) is 35.1 Å². The van der Waals surface area contributed by atoms with Gasteiger partial charge in [0.05, 0.1) is 12.1 Å². The molecular weight excluding hydrogens is 669 g/mol. The average molecular weight is 717 g/mol. The van der Waals surface area contributed by atoms with E-state index in [4.69, 9.17) is 12.2 Å². The minimum atomic E-state index is -0.846. The molecule has 0 radical (unpaired) electrons. The van der Waals surface area contributed by atoms with E-state index in [1.54, 1.807) is 11.9 Å². The van der Waals surface area contributed by atoms with Crippen molar-refractivity contribution in [3.63, 3.8) is 0 Å². The van der Waals surface area contributed by atoms with Gasteiger partial charge in [0.25, 0.3) is 0 Å². The first-order valence-corrected chi connectivity index (χ1v) is 18.6. The van der Waals surface area contributed by atoms with E-state index in [1.165, 1.54) is 0 Å². The van der Waals surface area contributed by atoms with Gasteiger partial charge in [-0.15, -0.1) is 0 Å². The maximum atomic E-state index is 14.8. The third-order valence-corrected chi connectivity index (χ3v) is 10.6. The number of carbonyl (C=O) groups excluding carboxylic acids is 3. The Bertz CT molecular complexity index is 1740. The van der Waals surface area contributed by atoms with Gasteiger partial charge in [0.2, 0.25) is 17.7 Å². The highest BCUT2D eigenvalue weighted by molar-refractivity contribution is 7.80. The van der Waals surface area contributed by atoms with Gasteiger partial charge in [0.1, 0.15) is 12.1 Å². The van der Waals surface area contributed by atoms with Gasteiger partial charge in [-0.25, -0.2) is 0 Å². The molecule has 0 unspecified atom stereocenters. The summed E-state index contributed by atoms with van der Waals surface area (Å²) in [5.41, 5.74) is 4.04. The van der Waals surface area contributed by atoms with Crippen LogP contribution in [0.25, 0.3) is 0 Å². The molecule has 2 aliphatic heterocycles. The topological polar surface area (TPSA) is 115 Å². The number of carbonyl (C=O) groups is 3. The second-order valence-corrected chi connectivity index (χ2v) is 14.1. The van der Waals surface area contributed by atoms with E-state index in [2.05, 4.69) is 26.6 Å². The number of amides is 3. The van der Waals surface area contributed by atoms with Crippen molar-refractivity contribution in [2.45, 2.75) is 68.9 Å². The Morgan fingerprint density at radius 1 is 0.750 bits per heavy atom. The molecule has 9 nitrogen and oxygen atoms in total. The molecular formula is C42H48N6O3S. The van der Waals surface area contributed by atoms with Crippen LogP contribution >= 0.6 is 12.2 Å². The summed E-state index contributed by atoms with van der Waals surface area (Å²) in [7, 11) is 1.75. The fourth-order valence-electron chi connectivity index (χ4n) is 7.47. The molecule has 270 valence electrons. The molecule has 2 saturated heterocycles. The lowest BCUT2D eigenvalue weighted by molar-refractivity contribution is -0.143. The third kappa shape index (κ3) is 9.23. The van der Waals surface area contributed by atoms with E-state index in [-0.39, 0.29) is 35.7 Å². The van der Waals surface area contributed by atoms with Gasteiger partial charge in [-0.2, -0.15) is 0 Å². The van der Waals surface area contributed by atoms with Gasteiger partial charge in [0, 0.05) is 25.0 Å². The first-order valence-electron chi connectivity index (χ1n) is 18.2. The maximum Gasteiger partial charge on any atom is 0.246 e. The number of likely N-dealkylation sites (N-methyl/N-ethyl adjacent to an activating group) is 1. The number of nitrogens with zero attached hydrogens (tertiary/aromatic N) is 1. The van der Waals surface area contributed by atoms with Crippen molar-refractivity contribution in [1.82, 2.24) is 31.5 Å². The minimum absolute atomic E-state index is 0.105. The third-order valence-electron chi connectivity index (χ3n) is 10.3. The van der Waals surface area contributed by atoms with Crippen LogP contribution in [0.15, 0.2) is 121 Å². The molecule has 5 atom stereocenters. The smallest absolute Gasteiger partial charge is 0.246 e. The van der Waals surface area contributed by atoms with Crippen molar-refractivity contribution in [2.75, 3.05) is 13.6 Å². The average Bonchev–Trinajstić information content (AvgIpc) is 3.57. The van der Waals surface area contributed by atoms with Crippen LogP contribution in [0.4, 0.5) is 0 Å². The predicted octanol–water partition coefficient (Wildman–Crippen LogP) is 4.64. The number of rotatable bonds is 13. The molecule has 5 N–H and O–H groups in total. The van der Waals surface area contributed by atoms with Gasteiger partial charge in [-0.1, -0.05) is 121 Å². The Hall–Kier alpha value is -5.06. The van der Waals surface area contributed by atoms with Gasteiger partial charge >= 0.3 is 0 Å². The summed E-state index contributed by atoms with van der Waals surface area (Å²) in [6.45, 7) is 0.959. The summed E-state index contributed by atoms with van der Waals surface area (Å²) in [5, 5.41) is 16.6. The largest absolute Gasteiger partial charge is 0.362 e. The zero-order valence-electron chi connectivity index (χ0n) is 29.5. The lowest BCUT2D eigenvalue weighted by Crippen LogP contribution is -2.59. The number of nitrogens with one attached hydrogen (secondary N) is 5. The molecule has 0 spiro atoms. The van der Waals surface area contributed by atoms with Crippen LogP contribution in [0, 0.1) is 5.92 Å². The first kappa shape index (κ1) is 36.7. The highest BCUT2D eigenvalue weighted by Crippen LogP contribution is 2.35. The van der Waals surface area contributed by atoms with Gasteiger partial charge in [-0.05, 0) is 73.6 Å². The van der Waals surface area contributed by atoms with E-state index in [9.17, 15) is 14.4 Å². The van der Waals surface area contributed by atoms with Crippen molar-refractivity contribution in [3.05, 3.63) is 144 Å². The van der Waals surface area contributed by atoms with Crippen LogP contribution in [0.2, 0.25) is 0 Å². The zero-order chi connectivity index (χ0) is 36.3. The molecule has 4 aromatic carbocycles. The summed E-state index contributed by atoms with van der Waals surface area (Å²) in [6.07, 6.45) is 3.15. The monoisotopic (exact) mass is 716 g/mol. The molecule has 0 aromatic heterocycles. The number of fused-ring (bicyclic) bond motifs is 1. The standard InChI is InChI=1S/C42H48N6O3S/c1-43-35(26-29-14-6-2-7-15-29)39(49)47-38-33(28-45-42(52)44-27-30-16-8-3-9-17-30)22-23-34-24-25-36(48(34)41(38)51)40(50)46-37(31-18-10-4-11-19-31)32-20-12-5-13-21-32/h2-21,33-38,43H,22-28H2,1H3,(H,46,50)(H,47,49)(H2,44,45,52)/t33-,34+,35-,36+,38+/m1/s1. The zero-order valence-corrected chi connectivity index (χ0v) is 30.4. The number of hydrogen-bond acceptors (Lipinski definition) is 5. The molecule has 2 heterocycles. The maximum absolute atomic E-state index is 14.8. The molecule has 0 bridgehead atoms. The Balaban J connectivity index is 1.21. The number of benzene rings is 4. The Kier molecular flexibility index (Phi) is 12.7. The van der Waals surface area contributed by atoms with Crippen molar-refractivity contribution in [1.29, 1.82) is 0 Å². The first-order chi connectivity index (χ1) is 25.4. The summed E-state index contributed by atoms with van der Waals surface area (Å²) in [4.78, 5) is 44.7. The molecule has 10 heteroatoms. The normalized spacial score (nSPS) is 20.3. The lowest BCUT2D eigenvalue weighted by atomic mass is 9.92. The second kappa shape index (κ2) is 17.9. The predicted molar refractivity (Wildman–Crippen MR) is 208 cm³/mol. The fraction of sp³-hybridized carbons (Fsp3) is 0.333. The summed E-state index contributed by atoms with van der Waals surface area (Å²) in [5.74, 6) is -0.933.